The van der Waals surface area contributed by atoms with E-state index < -0.39 is 10.0 Å². The quantitative estimate of drug-likeness (QED) is 0.868. The molecule has 0 N–H and O–H groups in total. The molecule has 0 fully saturated rings. The van der Waals surface area contributed by atoms with Crippen LogP contribution in [0.5, 0.6) is 0 Å². The van der Waals surface area contributed by atoms with Crippen LogP contribution in [0.2, 0.25) is 4.47 Å². The van der Waals surface area contributed by atoms with Gasteiger partial charge in [-0.25, -0.2) is 13.4 Å². The topological polar surface area (TPSA) is 74.1 Å². The number of rotatable bonds is 3. The van der Waals surface area contributed by atoms with Crippen molar-refractivity contribution in [3.05, 3.63) is 40.0 Å². The van der Waals surface area contributed by atoms with Gasteiger partial charge in [0.2, 0.25) is 0 Å². The van der Waals surface area contributed by atoms with E-state index >= 15 is 0 Å². The molecule has 1 heterocycles. The molecule has 1 aromatic heterocycles. The zero-order valence-corrected chi connectivity index (χ0v) is 13.1. The van der Waals surface area contributed by atoms with Crippen LogP contribution in [0.3, 0.4) is 0 Å². The lowest BCUT2D eigenvalue weighted by Crippen LogP contribution is -2.26. The Morgan fingerprint density at radius 3 is 2.70 bits per heavy atom. The van der Waals surface area contributed by atoms with Crippen LogP contribution in [-0.2, 0) is 10.0 Å². The number of nitrogens with zero attached hydrogens (tertiary/aromatic N) is 3. The Bertz CT molecular complexity index is 793. The first kappa shape index (κ1) is 14.8. The van der Waals surface area contributed by atoms with Crippen LogP contribution in [-0.4, -0.2) is 20.4 Å². The van der Waals surface area contributed by atoms with Gasteiger partial charge in [-0.1, -0.05) is 29.0 Å². The van der Waals surface area contributed by atoms with Crippen LogP contribution in [0.1, 0.15) is 11.3 Å². The molecule has 2 aromatic rings. The Morgan fingerprint density at radius 2 is 2.15 bits per heavy atom. The predicted octanol–water partition coefficient (Wildman–Crippen LogP) is 2.80. The highest BCUT2D eigenvalue weighted by Crippen LogP contribution is 2.31. The highest BCUT2D eigenvalue weighted by Gasteiger charge is 2.26. The first-order valence-corrected chi connectivity index (χ1v) is 8.11. The van der Waals surface area contributed by atoms with E-state index in [-0.39, 0.29) is 8.68 Å². The summed E-state index contributed by atoms with van der Waals surface area (Å²) in [6.45, 7) is 1.59. The van der Waals surface area contributed by atoms with Crippen molar-refractivity contribution in [2.45, 2.75) is 11.1 Å². The lowest BCUT2D eigenvalue weighted by Gasteiger charge is -2.18. The molecule has 0 saturated heterocycles. The fourth-order valence-electron chi connectivity index (χ4n) is 1.62. The van der Waals surface area contributed by atoms with E-state index in [0.29, 0.717) is 16.9 Å². The second-order valence-corrected chi connectivity index (χ2v) is 7.72. The number of halogens is 1. The highest BCUT2D eigenvalue weighted by molar-refractivity contribution is 7.94. The molecule has 0 saturated carbocycles. The lowest BCUT2D eigenvalue weighted by atomic mass is 10.2. The summed E-state index contributed by atoms with van der Waals surface area (Å²) in [6, 6.07) is 8.35. The summed E-state index contributed by atoms with van der Waals surface area (Å²) in [5, 5.41) is 8.87. The van der Waals surface area contributed by atoms with Crippen molar-refractivity contribution in [2.24, 2.45) is 0 Å². The van der Waals surface area contributed by atoms with Crippen molar-refractivity contribution < 1.29 is 8.42 Å². The minimum Gasteiger partial charge on any atom is -0.269 e. The summed E-state index contributed by atoms with van der Waals surface area (Å²) in [6.07, 6.45) is 0. The number of hydrogen-bond acceptors (Lipinski definition) is 5. The molecule has 0 aliphatic heterocycles. The summed E-state index contributed by atoms with van der Waals surface area (Å²) >= 11 is 6.67. The van der Waals surface area contributed by atoms with Crippen LogP contribution < -0.4 is 4.31 Å². The Morgan fingerprint density at radius 1 is 1.45 bits per heavy atom. The van der Waals surface area contributed by atoms with Crippen molar-refractivity contribution in [3.8, 4) is 6.07 Å². The Hall–Kier alpha value is -1.62. The number of anilines is 1. The lowest BCUT2D eigenvalue weighted by molar-refractivity contribution is 0.595. The van der Waals surface area contributed by atoms with Crippen LogP contribution in [0.25, 0.3) is 0 Å². The molecule has 0 atom stereocenters. The van der Waals surface area contributed by atoms with Crippen LogP contribution >= 0.6 is 22.9 Å². The van der Waals surface area contributed by atoms with Crippen molar-refractivity contribution in [1.82, 2.24) is 4.98 Å². The van der Waals surface area contributed by atoms with Crippen LogP contribution in [0.15, 0.2) is 28.5 Å². The van der Waals surface area contributed by atoms with Gasteiger partial charge in [-0.05, 0) is 25.1 Å². The molecular weight excluding hydrogens is 318 g/mol. The maximum Gasteiger partial charge on any atom is 0.275 e. The van der Waals surface area contributed by atoms with Gasteiger partial charge in [0, 0.05) is 7.05 Å². The van der Waals surface area contributed by atoms with E-state index in [0.717, 1.165) is 15.6 Å². The van der Waals surface area contributed by atoms with E-state index in [1.54, 1.807) is 25.1 Å². The predicted molar refractivity (Wildman–Crippen MR) is 78.6 cm³/mol. The largest absolute Gasteiger partial charge is 0.275 e. The average Bonchev–Trinajstić information content (AvgIpc) is 2.77. The number of aryl methyl sites for hydroxylation is 1. The molecule has 0 aliphatic carbocycles. The van der Waals surface area contributed by atoms with Gasteiger partial charge < -0.3 is 0 Å². The number of sulfonamides is 1. The smallest absolute Gasteiger partial charge is 0.269 e. The van der Waals surface area contributed by atoms with Gasteiger partial charge in [-0.3, -0.25) is 4.31 Å². The standard InChI is InChI=1S/C12H10ClN3O2S2/c1-8-11(19-12(13)15-8)20(17,18)16(2)10-5-3-4-9(6-10)7-14/h3-6H,1-2H3. The minimum atomic E-state index is -3.73. The molecule has 5 nitrogen and oxygen atoms in total. The maximum absolute atomic E-state index is 12.5. The maximum atomic E-state index is 12.5. The molecule has 0 radical (unpaired) electrons. The Labute approximate surface area is 126 Å². The van der Waals surface area contributed by atoms with E-state index in [1.807, 2.05) is 6.07 Å². The molecule has 20 heavy (non-hydrogen) atoms. The SMILES string of the molecule is Cc1nc(Cl)sc1S(=O)(=O)N(C)c1cccc(C#N)c1. The fraction of sp³-hybridized carbons (Fsp3) is 0.167. The first-order valence-electron chi connectivity index (χ1n) is 5.48. The molecule has 8 heteroatoms. The zero-order chi connectivity index (χ0) is 14.9. The van der Waals surface area contributed by atoms with Gasteiger partial charge in [-0.15, -0.1) is 0 Å². The number of nitriles is 1. The van der Waals surface area contributed by atoms with Crippen molar-refractivity contribution in [1.29, 1.82) is 5.26 Å². The van der Waals surface area contributed by atoms with E-state index in [2.05, 4.69) is 4.98 Å². The normalized spacial score (nSPS) is 11.1. The zero-order valence-electron chi connectivity index (χ0n) is 10.7. The first-order chi connectivity index (χ1) is 9.36. The Kier molecular flexibility index (Phi) is 3.99. The van der Waals surface area contributed by atoms with Crippen molar-refractivity contribution in [2.75, 3.05) is 11.4 Å². The third kappa shape index (κ3) is 2.63. The molecule has 0 unspecified atom stereocenters. The summed E-state index contributed by atoms with van der Waals surface area (Å²) in [5.74, 6) is 0. The minimum absolute atomic E-state index is 0.104. The summed E-state index contributed by atoms with van der Waals surface area (Å²) in [7, 11) is -2.30. The number of hydrogen-bond donors (Lipinski definition) is 0. The Balaban J connectivity index is 2.49. The number of thiazole rings is 1. The summed E-state index contributed by atoms with van der Waals surface area (Å²) in [4.78, 5) is 3.91. The molecule has 1 aromatic carbocycles. The number of aromatic nitrogens is 1. The fourth-order valence-corrected chi connectivity index (χ4v) is 4.70. The third-order valence-electron chi connectivity index (χ3n) is 2.66. The monoisotopic (exact) mass is 327 g/mol. The van der Waals surface area contributed by atoms with Gasteiger partial charge in [0.1, 0.15) is 0 Å². The van der Waals surface area contributed by atoms with E-state index in [4.69, 9.17) is 16.9 Å². The molecule has 0 spiro atoms. The van der Waals surface area contributed by atoms with Crippen LogP contribution in [0, 0.1) is 18.3 Å². The van der Waals surface area contributed by atoms with Crippen molar-refractivity contribution in [3.63, 3.8) is 0 Å². The highest BCUT2D eigenvalue weighted by atomic mass is 35.5. The molecular formula is C12H10ClN3O2S2. The molecule has 0 bridgehead atoms. The molecule has 0 amide bonds. The van der Waals surface area contributed by atoms with Crippen molar-refractivity contribution >= 4 is 38.6 Å². The molecule has 2 rings (SSSR count). The third-order valence-corrected chi connectivity index (χ3v) is 6.30. The van der Waals surface area contributed by atoms with Gasteiger partial charge in [0.25, 0.3) is 10.0 Å². The van der Waals surface area contributed by atoms with Gasteiger partial charge in [0.15, 0.2) is 8.68 Å². The average molecular weight is 328 g/mol. The van der Waals surface area contributed by atoms with Gasteiger partial charge in [0.05, 0.1) is 23.0 Å². The summed E-state index contributed by atoms with van der Waals surface area (Å²) < 4.78 is 26.4. The van der Waals surface area contributed by atoms with E-state index in [9.17, 15) is 8.42 Å². The second kappa shape index (κ2) is 5.40. The molecule has 0 aliphatic rings. The van der Waals surface area contributed by atoms with Gasteiger partial charge >= 0.3 is 0 Å². The molecule has 104 valence electrons. The van der Waals surface area contributed by atoms with E-state index in [1.165, 1.54) is 13.1 Å². The summed E-state index contributed by atoms with van der Waals surface area (Å²) in [5.41, 5.74) is 1.17. The van der Waals surface area contributed by atoms with Gasteiger partial charge in [-0.2, -0.15) is 5.26 Å². The number of benzene rings is 1. The van der Waals surface area contributed by atoms with Crippen LogP contribution in [0.4, 0.5) is 5.69 Å². The second-order valence-electron chi connectivity index (χ2n) is 3.97.